The van der Waals surface area contributed by atoms with Crippen molar-refractivity contribution in [2.45, 2.75) is 44.9 Å². The van der Waals surface area contributed by atoms with Crippen LogP contribution in [0.15, 0.2) is 24.7 Å². The molecule has 3 heterocycles. The number of amides is 2. The second-order valence-electron chi connectivity index (χ2n) is 7.19. The number of aromatic nitrogens is 6. The molecule has 0 fully saturated rings. The van der Waals surface area contributed by atoms with Gasteiger partial charge in [-0.1, -0.05) is 16.6 Å². The molecule has 3 aromatic rings. The van der Waals surface area contributed by atoms with E-state index in [0.29, 0.717) is 10.6 Å². The normalized spacial score (nSPS) is 12.4. The van der Waals surface area contributed by atoms with Crippen LogP contribution in [0.5, 0.6) is 0 Å². The summed E-state index contributed by atoms with van der Waals surface area (Å²) in [6.07, 6.45) is 2.89. The molecule has 3 rings (SSSR count). The summed E-state index contributed by atoms with van der Waals surface area (Å²) in [6, 6.07) is 1.27. The highest BCUT2D eigenvalue weighted by Gasteiger charge is 2.25. The molecule has 0 radical (unpaired) electrons. The summed E-state index contributed by atoms with van der Waals surface area (Å²) in [7, 11) is 1.46. The summed E-state index contributed by atoms with van der Waals surface area (Å²) in [5.74, 6) is -3.97. The Morgan fingerprint density at radius 1 is 1.21 bits per heavy atom. The average Bonchev–Trinajstić information content (AvgIpc) is 3.45. The lowest BCUT2D eigenvalue weighted by Gasteiger charge is -2.11. The Hall–Kier alpha value is -3.42. The van der Waals surface area contributed by atoms with E-state index < -0.39 is 23.9 Å². The zero-order chi connectivity index (χ0) is 24.0. The number of halogens is 3. The van der Waals surface area contributed by atoms with Gasteiger partial charge in [-0.3, -0.25) is 14.6 Å². The molecule has 0 bridgehead atoms. The van der Waals surface area contributed by atoms with Crippen LogP contribution in [0.1, 0.15) is 49.8 Å². The molecule has 0 aliphatic rings. The molecule has 3 aromatic heterocycles. The van der Waals surface area contributed by atoms with E-state index in [1.54, 1.807) is 0 Å². The summed E-state index contributed by atoms with van der Waals surface area (Å²) >= 11 is 1.02. The van der Waals surface area contributed by atoms with Crippen LogP contribution < -0.4 is 10.6 Å². The number of carbonyl (C=O) groups is 2. The lowest BCUT2D eigenvalue weighted by molar-refractivity contribution is 0.0170. The maximum Gasteiger partial charge on any atom is 0.282 e. The first-order chi connectivity index (χ1) is 15.7. The quantitative estimate of drug-likeness (QED) is 0.452. The Bertz CT molecular complexity index is 1110. The predicted octanol–water partition coefficient (Wildman–Crippen LogP) is 1.90. The molecular weight excluding hydrogens is 461 g/mol. The topological polar surface area (TPSA) is 128 Å². The van der Waals surface area contributed by atoms with Crippen LogP contribution in [0.3, 0.4) is 0 Å². The standard InChI is InChI=1S/C19H21F3N8O2S/c1-19(21,22)12-5-11(6-24-8-12)7-25-17(32)18-28-27-15(33-18)4-3-13(20)9-30-10-14(26-29-30)16(31)23-2/h5-6,8,10,13H,3-4,7,9H2,1-2H3,(H,23,31)(H,25,32). The van der Waals surface area contributed by atoms with Crippen molar-refractivity contribution in [3.8, 4) is 0 Å². The van der Waals surface area contributed by atoms with Crippen LogP contribution in [0.4, 0.5) is 13.2 Å². The molecule has 14 heteroatoms. The number of pyridine rings is 1. The summed E-state index contributed by atoms with van der Waals surface area (Å²) < 4.78 is 42.3. The van der Waals surface area contributed by atoms with E-state index in [2.05, 4.69) is 36.1 Å². The first-order valence-corrected chi connectivity index (χ1v) is 10.7. The van der Waals surface area contributed by atoms with Crippen LogP contribution in [0.25, 0.3) is 0 Å². The smallest absolute Gasteiger partial charge is 0.282 e. The Morgan fingerprint density at radius 2 is 2.00 bits per heavy atom. The van der Waals surface area contributed by atoms with Gasteiger partial charge in [0.25, 0.3) is 17.7 Å². The maximum absolute atomic E-state index is 14.3. The molecule has 0 aromatic carbocycles. The van der Waals surface area contributed by atoms with Gasteiger partial charge in [-0.25, -0.2) is 17.9 Å². The van der Waals surface area contributed by atoms with Gasteiger partial charge in [0.15, 0.2) is 5.69 Å². The van der Waals surface area contributed by atoms with Crippen molar-refractivity contribution >= 4 is 23.2 Å². The number of nitrogens with one attached hydrogen (secondary N) is 2. The van der Waals surface area contributed by atoms with E-state index in [9.17, 15) is 22.8 Å². The first kappa shape index (κ1) is 24.2. The number of carbonyl (C=O) groups excluding carboxylic acids is 2. The van der Waals surface area contributed by atoms with Crippen LogP contribution in [0, 0.1) is 0 Å². The van der Waals surface area contributed by atoms with E-state index in [0.717, 1.165) is 24.5 Å². The highest BCUT2D eigenvalue weighted by atomic mass is 32.1. The van der Waals surface area contributed by atoms with Gasteiger partial charge in [0.1, 0.15) is 11.2 Å². The van der Waals surface area contributed by atoms with Crippen molar-refractivity contribution in [1.29, 1.82) is 0 Å². The molecule has 0 saturated carbocycles. The zero-order valence-corrected chi connectivity index (χ0v) is 18.6. The molecule has 33 heavy (non-hydrogen) atoms. The lowest BCUT2D eigenvalue weighted by atomic mass is 10.1. The van der Waals surface area contributed by atoms with Gasteiger partial charge in [0, 0.05) is 44.9 Å². The minimum Gasteiger partial charge on any atom is -0.354 e. The zero-order valence-electron chi connectivity index (χ0n) is 17.8. The Kier molecular flexibility index (Phi) is 7.68. The van der Waals surface area contributed by atoms with Crippen molar-refractivity contribution in [3.05, 3.63) is 51.5 Å². The molecule has 0 aliphatic carbocycles. The molecule has 0 aliphatic heterocycles. The fourth-order valence-corrected chi connectivity index (χ4v) is 3.49. The molecule has 2 N–H and O–H groups in total. The van der Waals surface area contributed by atoms with Gasteiger partial charge in [-0.2, -0.15) is 0 Å². The summed E-state index contributed by atoms with van der Waals surface area (Å²) in [5, 5.41) is 20.6. The van der Waals surface area contributed by atoms with Crippen molar-refractivity contribution < 1.29 is 22.8 Å². The van der Waals surface area contributed by atoms with Crippen molar-refractivity contribution in [3.63, 3.8) is 0 Å². The molecule has 2 amide bonds. The van der Waals surface area contributed by atoms with Crippen molar-refractivity contribution in [2.24, 2.45) is 0 Å². The van der Waals surface area contributed by atoms with Crippen LogP contribution in [0.2, 0.25) is 0 Å². The predicted molar refractivity (Wildman–Crippen MR) is 112 cm³/mol. The number of alkyl halides is 3. The van der Waals surface area contributed by atoms with Gasteiger partial charge < -0.3 is 10.6 Å². The SMILES string of the molecule is CNC(=O)c1cn(CC(F)CCc2nnc(C(=O)NCc3cncc(C(C)(F)F)c3)s2)nn1. The third-order valence-corrected chi connectivity index (χ3v) is 5.45. The summed E-state index contributed by atoms with van der Waals surface area (Å²) in [4.78, 5) is 27.5. The number of hydrogen-bond acceptors (Lipinski definition) is 8. The number of nitrogens with zero attached hydrogens (tertiary/aromatic N) is 6. The highest BCUT2D eigenvalue weighted by molar-refractivity contribution is 7.13. The van der Waals surface area contributed by atoms with E-state index in [1.165, 1.54) is 30.2 Å². The van der Waals surface area contributed by atoms with E-state index in [-0.39, 0.29) is 42.2 Å². The maximum atomic E-state index is 14.3. The van der Waals surface area contributed by atoms with Gasteiger partial charge in [0.2, 0.25) is 5.01 Å². The van der Waals surface area contributed by atoms with E-state index in [1.807, 2.05) is 0 Å². The molecule has 1 unspecified atom stereocenters. The summed E-state index contributed by atoms with van der Waals surface area (Å²) in [6.45, 7) is 0.679. The number of hydrogen-bond donors (Lipinski definition) is 2. The van der Waals surface area contributed by atoms with E-state index in [4.69, 9.17) is 0 Å². The van der Waals surface area contributed by atoms with Gasteiger partial charge in [-0.05, 0) is 18.1 Å². The number of rotatable bonds is 10. The lowest BCUT2D eigenvalue weighted by Crippen LogP contribution is -2.23. The fourth-order valence-electron chi connectivity index (χ4n) is 2.72. The van der Waals surface area contributed by atoms with Gasteiger partial charge in [0.05, 0.1) is 12.7 Å². The van der Waals surface area contributed by atoms with Crippen molar-refractivity contribution in [2.75, 3.05) is 7.05 Å². The third-order valence-electron chi connectivity index (χ3n) is 4.47. The first-order valence-electron chi connectivity index (χ1n) is 9.84. The Labute approximate surface area is 190 Å². The largest absolute Gasteiger partial charge is 0.354 e. The molecular formula is C19H21F3N8O2S. The van der Waals surface area contributed by atoms with Gasteiger partial charge in [-0.15, -0.1) is 15.3 Å². The Morgan fingerprint density at radius 3 is 2.73 bits per heavy atom. The van der Waals surface area contributed by atoms with Gasteiger partial charge >= 0.3 is 0 Å². The van der Waals surface area contributed by atoms with Crippen molar-refractivity contribution in [1.82, 2.24) is 40.8 Å². The molecule has 0 saturated heterocycles. The van der Waals surface area contributed by atoms with Crippen LogP contribution in [-0.4, -0.2) is 55.2 Å². The third kappa shape index (κ3) is 6.78. The molecule has 10 nitrogen and oxygen atoms in total. The molecule has 176 valence electrons. The fraction of sp³-hybridized carbons (Fsp3) is 0.421. The minimum atomic E-state index is -3.03. The minimum absolute atomic E-state index is 0.00678. The van der Waals surface area contributed by atoms with Crippen LogP contribution in [-0.2, 0) is 25.4 Å². The second-order valence-corrected chi connectivity index (χ2v) is 8.26. The highest BCUT2D eigenvalue weighted by Crippen LogP contribution is 2.26. The average molecular weight is 482 g/mol. The van der Waals surface area contributed by atoms with E-state index >= 15 is 0 Å². The monoisotopic (exact) mass is 482 g/mol. The second kappa shape index (κ2) is 10.5. The molecule has 0 spiro atoms. The number of aryl methyl sites for hydroxylation is 1. The Balaban J connectivity index is 1.47. The summed E-state index contributed by atoms with van der Waals surface area (Å²) in [5.41, 5.74) is 0.263. The molecule has 1 atom stereocenters. The van der Waals surface area contributed by atoms with Crippen LogP contribution >= 0.6 is 11.3 Å².